The van der Waals surface area contributed by atoms with Gasteiger partial charge in [0.2, 0.25) is 0 Å². The standard InChI is InChI=1S/C13H8F3N3/c14-13(15,16)9-4-1-2-5-10(9)19-11-6-3-7-18-12(11)8-17/h1-7,19H. The van der Waals surface area contributed by atoms with Gasteiger partial charge in [0.05, 0.1) is 16.9 Å². The van der Waals surface area contributed by atoms with Crippen LogP contribution in [0.4, 0.5) is 24.5 Å². The molecule has 0 aliphatic heterocycles. The topological polar surface area (TPSA) is 48.7 Å². The number of anilines is 2. The Morgan fingerprint density at radius 3 is 2.42 bits per heavy atom. The quantitative estimate of drug-likeness (QED) is 0.898. The first-order valence-electron chi connectivity index (χ1n) is 5.31. The molecule has 3 nitrogen and oxygen atoms in total. The molecule has 19 heavy (non-hydrogen) atoms. The molecule has 0 radical (unpaired) electrons. The Hall–Kier alpha value is -2.55. The van der Waals surface area contributed by atoms with E-state index < -0.39 is 11.7 Å². The van der Waals surface area contributed by atoms with Crippen LogP contribution in [0.1, 0.15) is 11.3 Å². The minimum atomic E-state index is -4.46. The van der Waals surface area contributed by atoms with Gasteiger partial charge in [-0.25, -0.2) is 4.98 Å². The first-order chi connectivity index (χ1) is 9.02. The van der Waals surface area contributed by atoms with Gasteiger partial charge in [0.15, 0.2) is 5.69 Å². The van der Waals surface area contributed by atoms with E-state index in [4.69, 9.17) is 5.26 Å². The molecule has 1 heterocycles. The number of alkyl halides is 3. The van der Waals surface area contributed by atoms with E-state index >= 15 is 0 Å². The van der Waals surface area contributed by atoms with E-state index in [1.165, 1.54) is 30.5 Å². The summed E-state index contributed by atoms with van der Waals surface area (Å²) in [6.45, 7) is 0. The zero-order chi connectivity index (χ0) is 13.9. The zero-order valence-corrected chi connectivity index (χ0v) is 9.57. The SMILES string of the molecule is N#Cc1ncccc1Nc1ccccc1C(F)(F)F. The molecule has 0 bridgehead atoms. The molecule has 0 saturated carbocycles. The van der Waals surface area contributed by atoms with Crippen LogP contribution in [0.3, 0.4) is 0 Å². The maximum absolute atomic E-state index is 12.8. The van der Waals surface area contributed by atoms with Gasteiger partial charge in [-0.2, -0.15) is 18.4 Å². The van der Waals surface area contributed by atoms with Crippen LogP contribution in [0.15, 0.2) is 42.6 Å². The normalized spacial score (nSPS) is 10.8. The van der Waals surface area contributed by atoms with Crippen molar-refractivity contribution in [2.24, 2.45) is 0 Å². The van der Waals surface area contributed by atoms with Crippen LogP contribution >= 0.6 is 0 Å². The highest BCUT2D eigenvalue weighted by atomic mass is 19.4. The van der Waals surface area contributed by atoms with Gasteiger partial charge < -0.3 is 5.32 Å². The van der Waals surface area contributed by atoms with Crippen molar-refractivity contribution in [2.75, 3.05) is 5.32 Å². The molecule has 0 fully saturated rings. The maximum Gasteiger partial charge on any atom is 0.418 e. The molecule has 2 rings (SSSR count). The molecule has 2 aromatic rings. The molecule has 0 amide bonds. The predicted molar refractivity (Wildman–Crippen MR) is 63.7 cm³/mol. The van der Waals surface area contributed by atoms with Gasteiger partial charge in [-0.1, -0.05) is 12.1 Å². The number of halogens is 3. The Kier molecular flexibility index (Phi) is 3.38. The Labute approximate surface area is 107 Å². The highest BCUT2D eigenvalue weighted by Crippen LogP contribution is 2.36. The van der Waals surface area contributed by atoms with Gasteiger partial charge in [0.25, 0.3) is 0 Å². The molecule has 0 unspecified atom stereocenters. The number of rotatable bonds is 2. The van der Waals surface area contributed by atoms with Gasteiger partial charge in [-0.05, 0) is 24.3 Å². The van der Waals surface area contributed by atoms with Gasteiger partial charge in [0, 0.05) is 6.20 Å². The van der Waals surface area contributed by atoms with Crippen molar-refractivity contribution in [1.82, 2.24) is 4.98 Å². The van der Waals surface area contributed by atoms with E-state index in [9.17, 15) is 13.2 Å². The molecule has 96 valence electrons. The average molecular weight is 263 g/mol. The lowest BCUT2D eigenvalue weighted by atomic mass is 10.1. The lowest BCUT2D eigenvalue weighted by molar-refractivity contribution is -0.136. The Balaban J connectivity index is 2.43. The molecule has 6 heteroatoms. The van der Waals surface area contributed by atoms with Crippen molar-refractivity contribution in [3.63, 3.8) is 0 Å². The molecule has 0 aliphatic carbocycles. The van der Waals surface area contributed by atoms with Crippen LogP contribution in [-0.4, -0.2) is 4.98 Å². The first kappa shape index (κ1) is 12.9. The number of para-hydroxylation sites is 1. The van der Waals surface area contributed by atoms with Crippen molar-refractivity contribution in [1.29, 1.82) is 5.26 Å². The fourth-order valence-corrected chi connectivity index (χ4v) is 1.58. The van der Waals surface area contributed by atoms with E-state index in [2.05, 4.69) is 10.3 Å². The van der Waals surface area contributed by atoms with Crippen LogP contribution in [0, 0.1) is 11.3 Å². The van der Waals surface area contributed by atoms with Crippen molar-refractivity contribution in [3.05, 3.63) is 53.9 Å². The van der Waals surface area contributed by atoms with Crippen molar-refractivity contribution in [2.45, 2.75) is 6.18 Å². The number of aromatic nitrogens is 1. The second-order valence-corrected chi connectivity index (χ2v) is 3.68. The van der Waals surface area contributed by atoms with Crippen LogP contribution in [-0.2, 0) is 6.18 Å². The number of hydrogen-bond donors (Lipinski definition) is 1. The summed E-state index contributed by atoms with van der Waals surface area (Å²) in [5.41, 5.74) is -0.622. The molecule has 0 saturated heterocycles. The number of nitrogens with zero attached hydrogens (tertiary/aromatic N) is 2. The molecule has 0 aliphatic rings. The number of nitriles is 1. The third-order valence-corrected chi connectivity index (χ3v) is 2.42. The highest BCUT2D eigenvalue weighted by Gasteiger charge is 2.33. The summed E-state index contributed by atoms with van der Waals surface area (Å²) in [6, 6.07) is 9.93. The molecular formula is C13H8F3N3. The fourth-order valence-electron chi connectivity index (χ4n) is 1.58. The molecule has 0 spiro atoms. The van der Waals surface area contributed by atoms with E-state index in [1.54, 1.807) is 6.07 Å². The predicted octanol–water partition coefficient (Wildman–Crippen LogP) is 3.72. The fraction of sp³-hybridized carbons (Fsp3) is 0.0769. The van der Waals surface area contributed by atoms with Gasteiger partial charge in [0.1, 0.15) is 6.07 Å². The van der Waals surface area contributed by atoms with Crippen LogP contribution < -0.4 is 5.32 Å². The van der Waals surface area contributed by atoms with Crippen LogP contribution in [0.5, 0.6) is 0 Å². The average Bonchev–Trinajstić information content (AvgIpc) is 2.39. The summed E-state index contributed by atoms with van der Waals surface area (Å²) in [7, 11) is 0. The summed E-state index contributed by atoms with van der Waals surface area (Å²) < 4.78 is 38.4. The summed E-state index contributed by atoms with van der Waals surface area (Å²) in [5.74, 6) is 0. The summed E-state index contributed by atoms with van der Waals surface area (Å²) in [5, 5.41) is 11.4. The van der Waals surface area contributed by atoms with E-state index in [0.717, 1.165) is 6.07 Å². The number of benzene rings is 1. The minimum Gasteiger partial charge on any atom is -0.353 e. The molecule has 1 aromatic heterocycles. The third-order valence-electron chi connectivity index (χ3n) is 2.42. The monoisotopic (exact) mass is 263 g/mol. The van der Waals surface area contributed by atoms with Crippen LogP contribution in [0.2, 0.25) is 0 Å². The summed E-state index contributed by atoms with van der Waals surface area (Å²) >= 11 is 0. The second kappa shape index (κ2) is 4.98. The van der Waals surface area contributed by atoms with E-state index in [0.29, 0.717) is 0 Å². The van der Waals surface area contributed by atoms with E-state index in [1.807, 2.05) is 6.07 Å². The van der Waals surface area contributed by atoms with Crippen molar-refractivity contribution in [3.8, 4) is 6.07 Å². The number of hydrogen-bond acceptors (Lipinski definition) is 3. The number of pyridine rings is 1. The zero-order valence-electron chi connectivity index (χ0n) is 9.57. The van der Waals surface area contributed by atoms with Crippen molar-refractivity contribution >= 4 is 11.4 Å². The van der Waals surface area contributed by atoms with Gasteiger partial charge in [-0.15, -0.1) is 0 Å². The number of nitrogens with one attached hydrogen (secondary N) is 1. The van der Waals surface area contributed by atoms with Crippen molar-refractivity contribution < 1.29 is 13.2 Å². The summed E-state index contributed by atoms with van der Waals surface area (Å²) in [6.07, 6.45) is -3.06. The first-order valence-corrected chi connectivity index (χ1v) is 5.31. The van der Waals surface area contributed by atoms with Gasteiger partial charge in [-0.3, -0.25) is 0 Å². The largest absolute Gasteiger partial charge is 0.418 e. The Bertz CT molecular complexity index is 630. The summed E-state index contributed by atoms with van der Waals surface area (Å²) in [4.78, 5) is 3.78. The maximum atomic E-state index is 12.8. The lowest BCUT2D eigenvalue weighted by Gasteiger charge is -2.14. The van der Waals surface area contributed by atoms with E-state index in [-0.39, 0.29) is 17.1 Å². The minimum absolute atomic E-state index is 0.0412. The smallest absolute Gasteiger partial charge is 0.353 e. The molecular weight excluding hydrogens is 255 g/mol. The molecule has 0 atom stereocenters. The highest BCUT2D eigenvalue weighted by molar-refractivity contribution is 5.67. The molecule has 1 aromatic carbocycles. The van der Waals surface area contributed by atoms with Crippen LogP contribution in [0.25, 0.3) is 0 Å². The third kappa shape index (κ3) is 2.83. The lowest BCUT2D eigenvalue weighted by Crippen LogP contribution is -2.09. The Morgan fingerprint density at radius 1 is 1.05 bits per heavy atom. The van der Waals surface area contributed by atoms with Gasteiger partial charge >= 0.3 is 6.18 Å². The Morgan fingerprint density at radius 2 is 1.74 bits per heavy atom. The second-order valence-electron chi connectivity index (χ2n) is 3.68. The molecule has 1 N–H and O–H groups in total.